The number of nitrogens with one attached hydrogen (secondary N) is 3. The number of anilines is 5. The molecule has 3 N–H and O–H groups in total. The number of carbonyl (C=O) groups excluding carboxylic acids is 1. The fourth-order valence-corrected chi connectivity index (χ4v) is 4.56. The summed E-state index contributed by atoms with van der Waals surface area (Å²) in [6.07, 6.45) is 4.84. The molecule has 0 unspecified atom stereocenters. The van der Waals surface area contributed by atoms with Gasteiger partial charge in [0, 0.05) is 37.8 Å². The number of hydrogen-bond donors (Lipinski definition) is 3. The molecule has 2 amide bonds. The van der Waals surface area contributed by atoms with Crippen molar-refractivity contribution in [3.8, 4) is 10.4 Å². The minimum absolute atomic E-state index is 0.358. The standard InChI is InChI=1S/C24H26N8O2S/c1-3-17-11-22(31-34-17)30-24(33)29-18-7-6-16(20-13-25-14-35-20)10-19(18)28-21-12-23(27-15(2)26-21)32-8-4-5-9-32/h6-7,10-14H,3-5,8-9H2,1-2H3,(H,26,27,28)(H2,29,30,31,33). The lowest BCUT2D eigenvalue weighted by atomic mass is 10.1. The predicted molar refractivity (Wildman–Crippen MR) is 138 cm³/mol. The molecule has 1 aromatic carbocycles. The van der Waals surface area contributed by atoms with Crippen LogP contribution < -0.4 is 20.9 Å². The molecule has 11 heteroatoms. The van der Waals surface area contributed by atoms with Crippen molar-refractivity contribution in [1.82, 2.24) is 20.1 Å². The number of urea groups is 1. The van der Waals surface area contributed by atoms with Crippen molar-refractivity contribution < 1.29 is 9.32 Å². The lowest BCUT2D eigenvalue weighted by molar-refractivity contribution is 0.262. The first-order valence-corrected chi connectivity index (χ1v) is 12.4. The zero-order valence-electron chi connectivity index (χ0n) is 19.5. The van der Waals surface area contributed by atoms with Crippen LogP contribution in [-0.2, 0) is 6.42 Å². The first kappa shape index (κ1) is 22.8. The van der Waals surface area contributed by atoms with Gasteiger partial charge in [0.15, 0.2) is 5.82 Å². The van der Waals surface area contributed by atoms with E-state index in [1.54, 1.807) is 22.9 Å². The van der Waals surface area contributed by atoms with Gasteiger partial charge >= 0.3 is 6.03 Å². The summed E-state index contributed by atoms with van der Waals surface area (Å²) in [5.41, 5.74) is 4.07. The van der Waals surface area contributed by atoms with Crippen LogP contribution in [0.2, 0.25) is 0 Å². The first-order chi connectivity index (χ1) is 17.1. The van der Waals surface area contributed by atoms with Crippen molar-refractivity contribution in [2.75, 3.05) is 33.9 Å². The highest BCUT2D eigenvalue weighted by molar-refractivity contribution is 7.13. The van der Waals surface area contributed by atoms with Crippen molar-refractivity contribution in [3.63, 3.8) is 0 Å². The molecule has 0 atom stereocenters. The Morgan fingerprint density at radius 3 is 2.69 bits per heavy atom. The molecular formula is C24H26N8O2S. The zero-order chi connectivity index (χ0) is 24.2. The predicted octanol–water partition coefficient (Wildman–Crippen LogP) is 5.45. The Balaban J connectivity index is 1.42. The minimum atomic E-state index is -0.425. The normalized spacial score (nSPS) is 13.1. The SMILES string of the molecule is CCc1cc(NC(=O)Nc2ccc(-c3cncs3)cc2Nc2cc(N3CCCC3)nc(C)n2)no1. The lowest BCUT2D eigenvalue weighted by Crippen LogP contribution is -2.21. The van der Waals surface area contributed by atoms with Gasteiger partial charge in [-0.15, -0.1) is 11.3 Å². The highest BCUT2D eigenvalue weighted by Gasteiger charge is 2.17. The minimum Gasteiger partial charge on any atom is -0.359 e. The van der Waals surface area contributed by atoms with Crippen LogP contribution in [0.25, 0.3) is 10.4 Å². The number of aryl methyl sites for hydroxylation is 2. The summed E-state index contributed by atoms with van der Waals surface area (Å²) < 4.78 is 5.16. The van der Waals surface area contributed by atoms with Gasteiger partial charge in [-0.2, -0.15) is 0 Å². The molecule has 0 saturated carbocycles. The molecule has 0 spiro atoms. The van der Waals surface area contributed by atoms with Gasteiger partial charge in [0.05, 0.1) is 21.8 Å². The maximum Gasteiger partial charge on any atom is 0.325 e. The van der Waals surface area contributed by atoms with Crippen molar-refractivity contribution >= 4 is 46.2 Å². The molecule has 1 saturated heterocycles. The fraction of sp³-hybridized carbons (Fsp3) is 0.292. The van der Waals surface area contributed by atoms with Crippen LogP contribution in [0.15, 0.2) is 46.6 Å². The number of carbonyl (C=O) groups is 1. The van der Waals surface area contributed by atoms with Gasteiger partial charge in [-0.05, 0) is 37.5 Å². The van der Waals surface area contributed by atoms with E-state index in [0.717, 1.165) is 42.2 Å². The number of aromatic nitrogens is 4. The van der Waals surface area contributed by atoms with E-state index in [1.165, 1.54) is 0 Å². The van der Waals surface area contributed by atoms with Gasteiger partial charge in [-0.25, -0.2) is 14.8 Å². The van der Waals surface area contributed by atoms with Gasteiger partial charge in [-0.1, -0.05) is 18.1 Å². The summed E-state index contributed by atoms with van der Waals surface area (Å²) in [6.45, 7) is 5.82. The summed E-state index contributed by atoms with van der Waals surface area (Å²) >= 11 is 1.55. The molecule has 0 radical (unpaired) electrons. The third kappa shape index (κ3) is 5.40. The van der Waals surface area contributed by atoms with E-state index in [9.17, 15) is 4.79 Å². The number of nitrogens with zero attached hydrogens (tertiary/aromatic N) is 5. The monoisotopic (exact) mass is 490 g/mol. The summed E-state index contributed by atoms with van der Waals surface area (Å²) in [7, 11) is 0. The Kier molecular flexibility index (Phi) is 6.57. The Labute approximate surface area is 206 Å². The van der Waals surface area contributed by atoms with Crippen molar-refractivity contribution in [2.45, 2.75) is 33.1 Å². The van der Waals surface area contributed by atoms with E-state index in [0.29, 0.717) is 41.0 Å². The van der Waals surface area contributed by atoms with Crippen LogP contribution in [0.5, 0.6) is 0 Å². The first-order valence-electron chi connectivity index (χ1n) is 11.5. The summed E-state index contributed by atoms with van der Waals surface area (Å²) in [6, 6.07) is 9.00. The van der Waals surface area contributed by atoms with Gasteiger partial charge < -0.3 is 20.1 Å². The van der Waals surface area contributed by atoms with Crippen LogP contribution in [0.4, 0.5) is 33.6 Å². The van der Waals surface area contributed by atoms with E-state index in [-0.39, 0.29) is 0 Å². The molecule has 1 fully saturated rings. The average Bonchev–Trinajstić information content (AvgIpc) is 3.62. The number of rotatable bonds is 7. The van der Waals surface area contributed by atoms with Crippen LogP contribution in [0.3, 0.4) is 0 Å². The van der Waals surface area contributed by atoms with E-state index in [1.807, 2.05) is 44.3 Å². The summed E-state index contributed by atoms with van der Waals surface area (Å²) in [4.78, 5) is 29.4. The highest BCUT2D eigenvalue weighted by Crippen LogP contribution is 2.33. The molecule has 3 aromatic heterocycles. The third-order valence-electron chi connectivity index (χ3n) is 5.65. The van der Waals surface area contributed by atoms with Gasteiger partial charge in [0.1, 0.15) is 23.2 Å². The van der Waals surface area contributed by atoms with Crippen LogP contribution in [-0.4, -0.2) is 39.2 Å². The van der Waals surface area contributed by atoms with E-state index in [2.05, 4.69) is 41.0 Å². The smallest absolute Gasteiger partial charge is 0.325 e. The van der Waals surface area contributed by atoms with Crippen molar-refractivity contribution in [2.24, 2.45) is 0 Å². The molecule has 0 bridgehead atoms. The van der Waals surface area contributed by atoms with Crippen molar-refractivity contribution in [3.05, 3.63) is 53.6 Å². The summed E-state index contributed by atoms with van der Waals surface area (Å²) in [5, 5.41) is 12.9. The number of thiazole rings is 1. The Bertz CT molecular complexity index is 1320. The third-order valence-corrected chi connectivity index (χ3v) is 6.47. The number of benzene rings is 1. The van der Waals surface area contributed by atoms with Gasteiger partial charge in [0.25, 0.3) is 0 Å². The summed E-state index contributed by atoms with van der Waals surface area (Å²) in [5.74, 6) is 3.30. The highest BCUT2D eigenvalue weighted by atomic mass is 32.1. The quantitative estimate of drug-likeness (QED) is 0.313. The van der Waals surface area contributed by atoms with E-state index < -0.39 is 6.03 Å². The molecule has 4 aromatic rings. The van der Waals surface area contributed by atoms with Crippen LogP contribution in [0, 0.1) is 6.92 Å². The molecule has 10 nitrogen and oxygen atoms in total. The maximum atomic E-state index is 12.7. The Morgan fingerprint density at radius 1 is 1.09 bits per heavy atom. The van der Waals surface area contributed by atoms with Crippen LogP contribution in [0.1, 0.15) is 31.4 Å². The average molecular weight is 491 g/mol. The lowest BCUT2D eigenvalue weighted by Gasteiger charge is -2.19. The van der Waals surface area contributed by atoms with Gasteiger partial charge in [-0.3, -0.25) is 10.3 Å². The molecule has 1 aliphatic rings. The maximum absolute atomic E-state index is 12.7. The largest absolute Gasteiger partial charge is 0.359 e. The molecule has 1 aliphatic heterocycles. The number of hydrogen-bond acceptors (Lipinski definition) is 9. The second-order valence-corrected chi connectivity index (χ2v) is 9.10. The number of amides is 2. The Morgan fingerprint density at radius 2 is 1.94 bits per heavy atom. The Hall–Kier alpha value is -3.99. The molecular weight excluding hydrogens is 464 g/mol. The van der Waals surface area contributed by atoms with Gasteiger partial charge in [0.2, 0.25) is 0 Å². The topological polar surface area (TPSA) is 121 Å². The van der Waals surface area contributed by atoms with E-state index in [4.69, 9.17) is 4.52 Å². The molecule has 180 valence electrons. The van der Waals surface area contributed by atoms with Crippen molar-refractivity contribution in [1.29, 1.82) is 0 Å². The van der Waals surface area contributed by atoms with Crippen LogP contribution >= 0.6 is 11.3 Å². The second kappa shape index (κ2) is 10.1. The molecule has 0 aliphatic carbocycles. The van der Waals surface area contributed by atoms with E-state index >= 15 is 0 Å². The molecule has 35 heavy (non-hydrogen) atoms. The fourth-order valence-electron chi connectivity index (χ4n) is 3.94. The zero-order valence-corrected chi connectivity index (χ0v) is 20.4. The molecule has 4 heterocycles. The molecule has 5 rings (SSSR count). The second-order valence-electron chi connectivity index (χ2n) is 8.21.